The number of likely N-dealkylation sites (tertiary alicyclic amines) is 1. The summed E-state index contributed by atoms with van der Waals surface area (Å²) in [6.45, 7) is 3.40. The third kappa shape index (κ3) is 5.66. The number of amides is 2. The lowest BCUT2D eigenvalue weighted by Gasteiger charge is -2.30. The minimum absolute atomic E-state index is 0.0226. The Morgan fingerprint density at radius 1 is 1.03 bits per heavy atom. The molecule has 3 N–H and O–H groups in total. The number of anilines is 1. The van der Waals surface area contributed by atoms with Crippen LogP contribution in [-0.2, 0) is 6.42 Å². The number of nitrogens with zero attached hydrogens (tertiary/aromatic N) is 2. The summed E-state index contributed by atoms with van der Waals surface area (Å²) in [5, 5.41) is 5.97. The number of aromatic nitrogens is 2. The second kappa shape index (κ2) is 10.4. The van der Waals surface area contributed by atoms with Gasteiger partial charge in [-0.15, -0.1) is 0 Å². The molecule has 8 nitrogen and oxygen atoms in total. The highest BCUT2D eigenvalue weighted by atomic mass is 35.5. The van der Waals surface area contributed by atoms with Gasteiger partial charge in [-0.05, 0) is 49.3 Å². The Morgan fingerprint density at radius 2 is 1.79 bits per heavy atom. The molecule has 1 aliphatic heterocycles. The van der Waals surface area contributed by atoms with Crippen molar-refractivity contribution in [1.29, 1.82) is 0 Å². The van der Waals surface area contributed by atoms with Crippen molar-refractivity contribution in [2.75, 3.05) is 31.5 Å². The smallest absolute Gasteiger partial charge is 0.276 e. The minimum Gasteiger partial charge on any atom is -0.349 e. The number of Topliss-reactive ketones (excluding diaryl/α,β-unsaturated/α-hetero) is 1. The largest absolute Gasteiger partial charge is 0.349 e. The molecule has 0 atom stereocenters. The molecular weight excluding hydrogens is 442 g/mol. The molecule has 1 fully saturated rings. The highest BCUT2D eigenvalue weighted by molar-refractivity contribution is 6.34. The number of nitrogens with one attached hydrogen (secondary N) is 3. The fourth-order valence-corrected chi connectivity index (χ4v) is 3.77. The topological polar surface area (TPSA) is 107 Å². The number of benzene rings is 2. The van der Waals surface area contributed by atoms with Crippen molar-refractivity contribution in [2.24, 2.45) is 0 Å². The summed E-state index contributed by atoms with van der Waals surface area (Å²) < 4.78 is 0. The first kappa shape index (κ1) is 22.7. The standard InChI is InChI=1S/C24H24ClN5O3/c25-19-5-2-1-4-18(19)20(31)14-16-6-8-17(9-7-16)29-24(33)22-21(27-15-28-22)23(32)26-10-13-30-11-3-12-30/h1-2,4-9,15H,3,10-14H2,(H,26,32)(H,27,28)(H,29,33). The van der Waals surface area contributed by atoms with E-state index in [-0.39, 0.29) is 29.5 Å². The van der Waals surface area contributed by atoms with E-state index in [1.807, 2.05) is 0 Å². The van der Waals surface area contributed by atoms with Crippen LogP contribution in [0.5, 0.6) is 0 Å². The summed E-state index contributed by atoms with van der Waals surface area (Å²) in [7, 11) is 0. The van der Waals surface area contributed by atoms with Gasteiger partial charge < -0.3 is 20.5 Å². The van der Waals surface area contributed by atoms with Gasteiger partial charge in [0.25, 0.3) is 11.8 Å². The highest BCUT2D eigenvalue weighted by Crippen LogP contribution is 2.19. The van der Waals surface area contributed by atoms with Crippen LogP contribution in [0.1, 0.15) is 43.3 Å². The van der Waals surface area contributed by atoms with Crippen molar-refractivity contribution in [2.45, 2.75) is 12.8 Å². The first-order valence-electron chi connectivity index (χ1n) is 10.7. The lowest BCUT2D eigenvalue weighted by Crippen LogP contribution is -2.42. The number of halogens is 1. The molecule has 1 aliphatic rings. The first-order chi connectivity index (χ1) is 16.0. The van der Waals surface area contributed by atoms with Crippen molar-refractivity contribution in [3.05, 3.63) is 82.4 Å². The quantitative estimate of drug-likeness (QED) is 0.421. The monoisotopic (exact) mass is 465 g/mol. The van der Waals surface area contributed by atoms with Gasteiger partial charge >= 0.3 is 0 Å². The van der Waals surface area contributed by atoms with Crippen molar-refractivity contribution in [3.63, 3.8) is 0 Å². The fraction of sp³-hybridized carbons (Fsp3) is 0.250. The second-order valence-corrected chi connectivity index (χ2v) is 8.22. The van der Waals surface area contributed by atoms with Crippen molar-refractivity contribution >= 4 is 34.9 Å². The van der Waals surface area contributed by atoms with E-state index >= 15 is 0 Å². The van der Waals surface area contributed by atoms with E-state index in [9.17, 15) is 14.4 Å². The van der Waals surface area contributed by atoms with E-state index in [1.54, 1.807) is 48.5 Å². The van der Waals surface area contributed by atoms with Crippen LogP contribution in [0.15, 0.2) is 54.9 Å². The van der Waals surface area contributed by atoms with Crippen molar-refractivity contribution in [1.82, 2.24) is 20.2 Å². The van der Waals surface area contributed by atoms with E-state index in [1.165, 1.54) is 12.7 Å². The van der Waals surface area contributed by atoms with E-state index in [2.05, 4.69) is 25.5 Å². The lowest BCUT2D eigenvalue weighted by atomic mass is 10.0. The number of imidazole rings is 1. The van der Waals surface area contributed by atoms with Crippen LogP contribution < -0.4 is 10.6 Å². The summed E-state index contributed by atoms with van der Waals surface area (Å²) in [6.07, 6.45) is 2.71. The highest BCUT2D eigenvalue weighted by Gasteiger charge is 2.21. The van der Waals surface area contributed by atoms with Gasteiger partial charge in [-0.2, -0.15) is 0 Å². The van der Waals surface area contributed by atoms with Gasteiger partial charge in [-0.3, -0.25) is 14.4 Å². The molecule has 4 rings (SSSR count). The predicted molar refractivity (Wildman–Crippen MR) is 126 cm³/mol. The van der Waals surface area contributed by atoms with E-state index in [0.29, 0.717) is 22.8 Å². The summed E-state index contributed by atoms with van der Waals surface area (Å²) in [4.78, 5) is 46.6. The molecule has 2 heterocycles. The molecule has 1 saturated heterocycles. The minimum atomic E-state index is -0.496. The summed E-state index contributed by atoms with van der Waals surface area (Å²) in [6, 6.07) is 13.9. The molecule has 0 spiro atoms. The molecule has 1 aromatic heterocycles. The third-order valence-corrected chi connectivity index (χ3v) is 5.82. The number of carbonyl (C=O) groups excluding carboxylic acids is 3. The summed E-state index contributed by atoms with van der Waals surface area (Å²) in [5.41, 5.74) is 1.94. The molecule has 0 aliphatic carbocycles. The van der Waals surface area contributed by atoms with Crippen LogP contribution in [0.25, 0.3) is 0 Å². The van der Waals surface area contributed by atoms with E-state index < -0.39 is 5.91 Å². The molecule has 2 aromatic carbocycles. The molecule has 0 radical (unpaired) electrons. The predicted octanol–water partition coefficient (Wildman–Crippen LogP) is 3.18. The number of carbonyl (C=O) groups is 3. The van der Waals surface area contributed by atoms with Gasteiger partial charge in [0.2, 0.25) is 0 Å². The normalized spacial score (nSPS) is 13.2. The van der Waals surface area contributed by atoms with Crippen LogP contribution in [-0.4, -0.2) is 58.6 Å². The van der Waals surface area contributed by atoms with E-state index in [0.717, 1.165) is 25.2 Å². The number of H-pyrrole nitrogens is 1. The Labute approximate surface area is 196 Å². The van der Waals surface area contributed by atoms with Gasteiger partial charge in [0.05, 0.1) is 11.3 Å². The Kier molecular flexibility index (Phi) is 7.16. The number of ketones is 1. The average Bonchev–Trinajstić information content (AvgIpc) is 3.27. The Bertz CT molecular complexity index is 1150. The zero-order chi connectivity index (χ0) is 23.2. The van der Waals surface area contributed by atoms with E-state index in [4.69, 9.17) is 11.6 Å². The molecular formula is C24H24ClN5O3. The van der Waals surface area contributed by atoms with Gasteiger partial charge in [0, 0.05) is 30.8 Å². The molecule has 3 aromatic rings. The average molecular weight is 466 g/mol. The fourth-order valence-electron chi connectivity index (χ4n) is 3.52. The number of aromatic amines is 1. The summed E-state index contributed by atoms with van der Waals surface area (Å²) in [5.74, 6) is -0.950. The Hall–Kier alpha value is -3.49. The van der Waals surface area contributed by atoms with Gasteiger partial charge in [0.15, 0.2) is 11.5 Å². The molecule has 2 amide bonds. The third-order valence-electron chi connectivity index (χ3n) is 5.49. The van der Waals surface area contributed by atoms with Crippen LogP contribution in [0.3, 0.4) is 0 Å². The Morgan fingerprint density at radius 3 is 2.48 bits per heavy atom. The number of hydrogen-bond acceptors (Lipinski definition) is 5. The Balaban J connectivity index is 1.33. The first-order valence-corrected chi connectivity index (χ1v) is 11.1. The molecule has 0 bridgehead atoms. The molecule has 9 heteroatoms. The van der Waals surface area contributed by atoms with Gasteiger partial charge in [-0.25, -0.2) is 4.98 Å². The SMILES string of the molecule is O=C(Cc1ccc(NC(=O)c2nc[nH]c2C(=O)NCCN2CCC2)cc1)c1ccccc1Cl. The number of rotatable bonds is 9. The van der Waals surface area contributed by atoms with Crippen molar-refractivity contribution < 1.29 is 14.4 Å². The molecule has 33 heavy (non-hydrogen) atoms. The molecule has 0 unspecified atom stereocenters. The number of hydrogen-bond donors (Lipinski definition) is 3. The second-order valence-electron chi connectivity index (χ2n) is 7.81. The zero-order valence-electron chi connectivity index (χ0n) is 17.9. The maximum Gasteiger partial charge on any atom is 0.276 e. The maximum atomic E-state index is 12.7. The maximum absolute atomic E-state index is 12.7. The van der Waals surface area contributed by atoms with Crippen LogP contribution >= 0.6 is 11.6 Å². The van der Waals surface area contributed by atoms with Crippen LogP contribution in [0, 0.1) is 0 Å². The van der Waals surface area contributed by atoms with Gasteiger partial charge in [-0.1, -0.05) is 35.9 Å². The van der Waals surface area contributed by atoms with Crippen LogP contribution in [0.4, 0.5) is 5.69 Å². The molecule has 0 saturated carbocycles. The van der Waals surface area contributed by atoms with Crippen LogP contribution in [0.2, 0.25) is 5.02 Å². The summed E-state index contributed by atoms with van der Waals surface area (Å²) >= 11 is 6.10. The zero-order valence-corrected chi connectivity index (χ0v) is 18.7. The molecule has 170 valence electrons. The van der Waals surface area contributed by atoms with Crippen molar-refractivity contribution in [3.8, 4) is 0 Å². The van der Waals surface area contributed by atoms with Gasteiger partial charge in [0.1, 0.15) is 5.69 Å². The lowest BCUT2D eigenvalue weighted by molar-refractivity contribution is 0.0924.